The lowest BCUT2D eigenvalue weighted by Crippen LogP contribution is -2.49. The van der Waals surface area contributed by atoms with Crippen LogP contribution in [0.3, 0.4) is 0 Å². The zero-order chi connectivity index (χ0) is 14.5. The predicted octanol–water partition coefficient (Wildman–Crippen LogP) is 2.04. The average Bonchev–Trinajstić information content (AvgIpc) is 2.36. The molecule has 0 saturated heterocycles. The van der Waals surface area contributed by atoms with E-state index in [-0.39, 0.29) is 12.2 Å². The van der Waals surface area contributed by atoms with Gasteiger partial charge in [-0.1, -0.05) is 24.8 Å². The van der Waals surface area contributed by atoms with Gasteiger partial charge in [0.2, 0.25) is 0 Å². The van der Waals surface area contributed by atoms with Crippen molar-refractivity contribution in [2.24, 2.45) is 0 Å². The summed E-state index contributed by atoms with van der Waals surface area (Å²) in [5.74, 6) is -1.92. The number of ether oxygens (including phenoxy) is 1. The first-order valence-electron chi connectivity index (χ1n) is 5.45. The van der Waals surface area contributed by atoms with Crippen LogP contribution in [0.15, 0.2) is 36.9 Å². The number of halogens is 1. The summed E-state index contributed by atoms with van der Waals surface area (Å²) in [5.41, 5.74) is -1.67. The highest BCUT2D eigenvalue weighted by molar-refractivity contribution is 5.85. The third kappa shape index (κ3) is 3.54. The number of benzene rings is 1. The molecule has 0 aliphatic heterocycles. The molecule has 0 heterocycles. The molecular formula is C13H14FNO4. The molecule has 0 bridgehead atoms. The van der Waals surface area contributed by atoms with Crippen molar-refractivity contribution in [3.05, 3.63) is 48.3 Å². The van der Waals surface area contributed by atoms with Crippen molar-refractivity contribution < 1.29 is 23.8 Å². The molecule has 0 radical (unpaired) electrons. The molecule has 1 amide bonds. The maximum Gasteiger partial charge on any atom is 0.408 e. The second kappa shape index (κ2) is 5.99. The van der Waals surface area contributed by atoms with Crippen LogP contribution in [0.1, 0.15) is 12.5 Å². The lowest BCUT2D eigenvalue weighted by atomic mass is 9.92. The van der Waals surface area contributed by atoms with Crippen LogP contribution >= 0.6 is 0 Å². The largest absolute Gasteiger partial charge is 0.479 e. The summed E-state index contributed by atoms with van der Waals surface area (Å²) in [7, 11) is 0. The normalized spacial score (nSPS) is 13.2. The first-order chi connectivity index (χ1) is 8.90. The Morgan fingerprint density at radius 3 is 2.79 bits per heavy atom. The van der Waals surface area contributed by atoms with Gasteiger partial charge in [0.15, 0.2) is 5.54 Å². The number of nitrogens with one attached hydrogen (secondary N) is 1. The topological polar surface area (TPSA) is 75.6 Å². The quantitative estimate of drug-likeness (QED) is 0.800. The van der Waals surface area contributed by atoms with Crippen molar-refractivity contribution in [3.8, 4) is 0 Å². The summed E-state index contributed by atoms with van der Waals surface area (Å²) in [4.78, 5) is 22.8. The highest BCUT2D eigenvalue weighted by Gasteiger charge is 2.37. The molecule has 6 heteroatoms. The molecule has 1 atom stereocenters. The van der Waals surface area contributed by atoms with Crippen LogP contribution in [0.4, 0.5) is 9.18 Å². The van der Waals surface area contributed by atoms with E-state index >= 15 is 0 Å². The molecule has 1 unspecified atom stereocenters. The Balaban J connectivity index is 3.01. The van der Waals surface area contributed by atoms with Gasteiger partial charge in [-0.25, -0.2) is 14.0 Å². The Kier molecular flexibility index (Phi) is 4.63. The fraction of sp³-hybridized carbons (Fsp3) is 0.231. The smallest absolute Gasteiger partial charge is 0.408 e. The number of carboxylic acid groups (broad SMARTS) is 1. The third-order valence-corrected chi connectivity index (χ3v) is 2.51. The SMILES string of the molecule is C=CCOC(=O)NC(C)(C(=O)O)c1cccc(F)c1. The maximum absolute atomic E-state index is 13.2. The summed E-state index contributed by atoms with van der Waals surface area (Å²) in [6.45, 7) is 4.56. The molecule has 1 rings (SSSR count). The zero-order valence-corrected chi connectivity index (χ0v) is 10.4. The van der Waals surface area contributed by atoms with Crippen molar-refractivity contribution >= 4 is 12.1 Å². The van der Waals surface area contributed by atoms with Crippen LogP contribution in [-0.2, 0) is 15.1 Å². The number of amides is 1. The fourth-order valence-corrected chi connectivity index (χ4v) is 1.42. The minimum Gasteiger partial charge on any atom is -0.479 e. The summed E-state index contributed by atoms with van der Waals surface area (Å²) in [5, 5.41) is 11.4. The number of carbonyl (C=O) groups excluding carboxylic acids is 1. The molecule has 5 nitrogen and oxygen atoms in total. The highest BCUT2D eigenvalue weighted by atomic mass is 19.1. The van der Waals surface area contributed by atoms with Gasteiger partial charge in [-0.15, -0.1) is 0 Å². The Labute approximate surface area is 109 Å². The van der Waals surface area contributed by atoms with Gasteiger partial charge in [-0.05, 0) is 24.6 Å². The van der Waals surface area contributed by atoms with Gasteiger partial charge < -0.3 is 15.2 Å². The number of carbonyl (C=O) groups is 2. The van der Waals surface area contributed by atoms with Gasteiger partial charge in [-0.2, -0.15) is 0 Å². The van der Waals surface area contributed by atoms with Gasteiger partial charge in [0.05, 0.1) is 0 Å². The van der Waals surface area contributed by atoms with Crippen molar-refractivity contribution in [2.75, 3.05) is 6.61 Å². The summed E-state index contributed by atoms with van der Waals surface area (Å²) in [6.07, 6.45) is 0.425. The number of rotatable bonds is 5. The van der Waals surface area contributed by atoms with Crippen LogP contribution in [0.5, 0.6) is 0 Å². The molecule has 0 saturated carbocycles. The van der Waals surface area contributed by atoms with Gasteiger partial charge >= 0.3 is 12.1 Å². The number of hydrogen-bond donors (Lipinski definition) is 2. The highest BCUT2D eigenvalue weighted by Crippen LogP contribution is 2.22. The molecule has 0 aromatic heterocycles. The van der Waals surface area contributed by atoms with E-state index in [1.165, 1.54) is 31.2 Å². The molecule has 0 aliphatic rings. The molecule has 102 valence electrons. The van der Waals surface area contributed by atoms with Gasteiger partial charge in [-0.3, -0.25) is 0 Å². The van der Waals surface area contributed by atoms with Crippen molar-refractivity contribution in [1.82, 2.24) is 5.32 Å². The molecule has 0 spiro atoms. The van der Waals surface area contributed by atoms with E-state index in [9.17, 15) is 19.1 Å². The van der Waals surface area contributed by atoms with Gasteiger partial charge in [0, 0.05) is 0 Å². The van der Waals surface area contributed by atoms with Crippen LogP contribution < -0.4 is 5.32 Å². The summed E-state index contributed by atoms with van der Waals surface area (Å²) < 4.78 is 17.8. The average molecular weight is 267 g/mol. The Morgan fingerprint density at radius 2 is 2.26 bits per heavy atom. The maximum atomic E-state index is 13.2. The minimum atomic E-state index is -1.78. The van der Waals surface area contributed by atoms with E-state index in [1.807, 2.05) is 0 Å². The third-order valence-electron chi connectivity index (χ3n) is 2.51. The van der Waals surface area contributed by atoms with E-state index in [2.05, 4.69) is 16.6 Å². The van der Waals surface area contributed by atoms with Gasteiger partial charge in [0.1, 0.15) is 12.4 Å². The summed E-state index contributed by atoms with van der Waals surface area (Å²) >= 11 is 0. The standard InChI is InChI=1S/C13H14FNO4/c1-3-7-19-12(18)15-13(2,11(16)17)9-5-4-6-10(14)8-9/h3-6,8H,1,7H2,2H3,(H,15,18)(H,16,17). The van der Waals surface area contributed by atoms with Crippen molar-refractivity contribution in [3.63, 3.8) is 0 Å². The molecule has 1 aromatic carbocycles. The second-order valence-corrected chi connectivity index (χ2v) is 3.95. The number of alkyl carbamates (subject to hydrolysis) is 1. The molecule has 0 aliphatic carbocycles. The monoisotopic (exact) mass is 267 g/mol. The molecule has 0 fully saturated rings. The zero-order valence-electron chi connectivity index (χ0n) is 10.4. The second-order valence-electron chi connectivity index (χ2n) is 3.95. The van der Waals surface area contributed by atoms with Crippen molar-refractivity contribution in [2.45, 2.75) is 12.5 Å². The predicted molar refractivity (Wildman–Crippen MR) is 66.1 cm³/mol. The van der Waals surface area contributed by atoms with Crippen molar-refractivity contribution in [1.29, 1.82) is 0 Å². The molecular weight excluding hydrogens is 253 g/mol. The van der Waals surface area contributed by atoms with Crippen LogP contribution in [-0.4, -0.2) is 23.8 Å². The van der Waals surface area contributed by atoms with Crippen LogP contribution in [0.25, 0.3) is 0 Å². The minimum absolute atomic E-state index is 0.0509. The van der Waals surface area contributed by atoms with E-state index in [0.717, 1.165) is 6.07 Å². The van der Waals surface area contributed by atoms with E-state index in [4.69, 9.17) is 0 Å². The molecule has 2 N–H and O–H groups in total. The molecule has 1 aromatic rings. The number of hydrogen-bond acceptors (Lipinski definition) is 3. The van der Waals surface area contributed by atoms with E-state index < -0.39 is 23.4 Å². The Bertz CT molecular complexity index is 503. The Hall–Kier alpha value is -2.37. The first kappa shape index (κ1) is 14.7. The lowest BCUT2D eigenvalue weighted by molar-refractivity contribution is -0.144. The Morgan fingerprint density at radius 1 is 1.58 bits per heavy atom. The lowest BCUT2D eigenvalue weighted by Gasteiger charge is -2.26. The number of carboxylic acids is 1. The van der Waals surface area contributed by atoms with Crippen LogP contribution in [0, 0.1) is 5.82 Å². The van der Waals surface area contributed by atoms with Crippen LogP contribution in [0.2, 0.25) is 0 Å². The van der Waals surface area contributed by atoms with E-state index in [1.54, 1.807) is 0 Å². The summed E-state index contributed by atoms with van der Waals surface area (Å²) in [6, 6.07) is 5.00. The fourth-order valence-electron chi connectivity index (χ4n) is 1.42. The first-order valence-corrected chi connectivity index (χ1v) is 5.45. The number of aliphatic carboxylic acids is 1. The van der Waals surface area contributed by atoms with E-state index in [0.29, 0.717) is 0 Å². The molecule has 19 heavy (non-hydrogen) atoms. The van der Waals surface area contributed by atoms with Gasteiger partial charge in [0.25, 0.3) is 0 Å².